The van der Waals surface area contributed by atoms with Crippen LogP contribution < -0.4 is 10.4 Å². The van der Waals surface area contributed by atoms with Gasteiger partial charge in [0.25, 0.3) is 0 Å². The molecule has 1 radical (unpaired) electrons. The molecule has 0 bridgehead atoms. The van der Waals surface area contributed by atoms with Gasteiger partial charge in [0.1, 0.15) is 0 Å². The van der Waals surface area contributed by atoms with Crippen LogP contribution in [0.2, 0.25) is 0 Å². The Morgan fingerprint density at radius 3 is 1.34 bits per heavy atom. The predicted octanol–water partition coefficient (Wildman–Crippen LogP) is 12.3. The molecule has 0 spiro atoms. The van der Waals surface area contributed by atoms with Gasteiger partial charge in [-0.05, 0) is 10.4 Å². The summed E-state index contributed by atoms with van der Waals surface area (Å²) in [7, 11) is -10.7. The van der Waals surface area contributed by atoms with Crippen molar-refractivity contribution in [1.29, 1.82) is 0 Å². The molecule has 2 saturated heterocycles. The third-order valence-corrected chi connectivity index (χ3v) is 7.80. The van der Waals surface area contributed by atoms with Crippen molar-refractivity contribution in [3.05, 3.63) is 140 Å². The van der Waals surface area contributed by atoms with Crippen molar-refractivity contribution in [2.75, 3.05) is 13.1 Å². The van der Waals surface area contributed by atoms with Crippen molar-refractivity contribution in [2.24, 2.45) is 11.8 Å². The quantitative estimate of drug-likeness (QED) is 0.123. The summed E-state index contributed by atoms with van der Waals surface area (Å²) < 4.78 is 84.5. The maximum atomic E-state index is 12.7. The molecule has 6 aliphatic rings. The van der Waals surface area contributed by atoms with Crippen LogP contribution in [0.25, 0.3) is 33.4 Å². The Kier molecular flexibility index (Phi) is 13.9. The van der Waals surface area contributed by atoms with E-state index in [1.165, 1.54) is 37.1 Å². The third-order valence-electron chi connectivity index (χ3n) is 7.80. The molecule has 1 aromatic carbocycles. The summed E-state index contributed by atoms with van der Waals surface area (Å²) in [6.45, 7) is 6.29. The van der Waals surface area contributed by atoms with Gasteiger partial charge in [-0.1, -0.05) is 87.8 Å². The van der Waals surface area contributed by atoms with Crippen molar-refractivity contribution in [1.82, 2.24) is 0 Å². The number of allylic oxidation sites excluding steroid dienone is 4. The molecule has 4 nitrogen and oxygen atoms in total. The van der Waals surface area contributed by atoms with Crippen molar-refractivity contribution in [3.63, 3.8) is 0 Å². The number of nitrogens with zero attached hydrogens (tertiary/aromatic N) is 4. The Morgan fingerprint density at radius 2 is 1.04 bits per heavy atom. The number of hydrogen-bond acceptors (Lipinski definition) is 0. The number of rotatable bonds is 2. The van der Waals surface area contributed by atoms with Crippen LogP contribution in [0.5, 0.6) is 0 Å². The van der Waals surface area contributed by atoms with E-state index in [0.29, 0.717) is 11.8 Å². The first-order valence-electron chi connectivity index (χ1n) is 15.7. The summed E-state index contributed by atoms with van der Waals surface area (Å²) in [5, 5.41) is 20.1. The second kappa shape index (κ2) is 16.8. The predicted molar refractivity (Wildman–Crippen MR) is 184 cm³/mol. The molecule has 50 heavy (non-hydrogen) atoms. The fourth-order valence-electron chi connectivity index (χ4n) is 5.30. The Hall–Kier alpha value is -3.26. The number of piperidine rings is 2. The minimum absolute atomic E-state index is 0. The molecule has 277 valence electrons. The average molecular weight is 900 g/mol. The van der Waals surface area contributed by atoms with E-state index in [0.717, 1.165) is 58.9 Å². The molecule has 0 saturated carbocycles. The minimum Gasteiger partial charge on any atom is 0 e. The van der Waals surface area contributed by atoms with E-state index >= 15 is 0 Å². The standard InChI is InChI=1S/2C12H14FN.C12H8N2.F6P.Ir/c2*1-9-2-7-12(14-8-9)10-3-5-11(13)6-4-10;1-3-9-5-6-10-4-2-8-14-12(10)11(9)13-7-1;1-7(2,3,4,5)6;/h2*3,5-6,9,12H,2,7-8H2,1H3;1-8H;;/q3*-2;-1;. The van der Waals surface area contributed by atoms with Crippen molar-refractivity contribution in [2.45, 2.75) is 51.6 Å². The molecule has 1 aromatic rings. The SMILES string of the molecule is C1=C[N-]c2c3c(ccc2=C1)=CC=C[N-]3.CC1CCC(C2=C=C[C-](F)C=C2)[N-]C1.CC1CCC(C2=C=C[C-](F)C=C2)[N-]C1.F[P-](F)(F)(F)(F)F.[Ir]. The van der Waals surface area contributed by atoms with Crippen molar-refractivity contribution >= 4 is 31.3 Å². The second-order valence-electron chi connectivity index (χ2n) is 12.2. The van der Waals surface area contributed by atoms with E-state index in [1.807, 2.05) is 12.2 Å². The molecular weight excluding hydrogens is 864 g/mol. The van der Waals surface area contributed by atoms with E-state index in [1.54, 1.807) is 24.6 Å². The number of hydrogen-bond donors (Lipinski definition) is 0. The van der Waals surface area contributed by atoms with Crippen LogP contribution in [-0.2, 0) is 20.1 Å². The average Bonchev–Trinajstić information content (AvgIpc) is 3.06. The van der Waals surface area contributed by atoms with E-state index in [2.05, 4.69) is 70.9 Å². The fourth-order valence-corrected chi connectivity index (χ4v) is 5.30. The Morgan fingerprint density at radius 1 is 0.660 bits per heavy atom. The van der Waals surface area contributed by atoms with Gasteiger partial charge in [-0.25, -0.2) is 0 Å². The number of halogens is 8. The third kappa shape index (κ3) is 14.9. The summed E-state index contributed by atoms with van der Waals surface area (Å²) in [4.78, 5) is 0. The van der Waals surface area contributed by atoms with Gasteiger partial charge in [0.05, 0.1) is 0 Å². The molecule has 0 aromatic heterocycles. The van der Waals surface area contributed by atoms with Gasteiger partial charge in [0.2, 0.25) is 0 Å². The molecule has 4 unspecified atom stereocenters. The van der Waals surface area contributed by atoms with E-state index in [-0.39, 0.29) is 44.5 Å². The molecule has 7 rings (SSSR count). The molecule has 4 heterocycles. The van der Waals surface area contributed by atoms with Crippen LogP contribution in [0.3, 0.4) is 0 Å². The molecule has 4 atom stereocenters. The molecule has 14 heteroatoms. The monoisotopic (exact) mass is 900 g/mol. The van der Waals surface area contributed by atoms with Crippen LogP contribution in [0.15, 0.2) is 95.7 Å². The second-order valence-corrected chi connectivity index (χ2v) is 14.1. The molecule has 4 aliphatic heterocycles. The molecule has 0 amide bonds. The van der Waals surface area contributed by atoms with Crippen molar-refractivity contribution < 1.29 is 54.1 Å². The first-order chi connectivity index (χ1) is 22.9. The van der Waals surface area contributed by atoms with Crippen molar-refractivity contribution in [3.8, 4) is 0 Å². The molecule has 2 fully saturated rings. The zero-order chi connectivity index (χ0) is 35.7. The van der Waals surface area contributed by atoms with Crippen LogP contribution in [-0.4, -0.2) is 25.2 Å². The first-order valence-corrected chi connectivity index (χ1v) is 17.8. The summed E-state index contributed by atoms with van der Waals surface area (Å²) in [5.41, 5.74) is 9.91. The van der Waals surface area contributed by atoms with Gasteiger partial charge in [-0.15, -0.1) is 72.0 Å². The summed E-state index contributed by atoms with van der Waals surface area (Å²) in [6, 6.07) is 4.64. The summed E-state index contributed by atoms with van der Waals surface area (Å²) >= 11 is 0. The van der Waals surface area contributed by atoms with Gasteiger partial charge in [-0.3, -0.25) is 20.2 Å². The summed E-state index contributed by atoms with van der Waals surface area (Å²) in [5.74, 6) is 1.40. The Balaban J connectivity index is 0.000000184. The van der Waals surface area contributed by atoms with Crippen LogP contribution in [0.1, 0.15) is 39.5 Å². The largest absolute Gasteiger partial charge is 0 e. The zero-order valence-electron chi connectivity index (χ0n) is 27.2. The fraction of sp³-hybridized carbons (Fsp3) is 0.333. The molecule has 2 aliphatic carbocycles. The Labute approximate surface area is 300 Å². The Bertz CT molecular complexity index is 1600. The first kappa shape index (κ1) is 41.2. The van der Waals surface area contributed by atoms with Crippen LogP contribution in [0.4, 0.5) is 45.3 Å². The van der Waals surface area contributed by atoms with Gasteiger partial charge < -0.3 is 21.3 Å². The van der Waals surface area contributed by atoms with E-state index in [9.17, 15) is 34.0 Å². The van der Waals surface area contributed by atoms with Gasteiger partial charge in [0, 0.05) is 32.4 Å². The normalized spacial score (nSPS) is 25.4. The van der Waals surface area contributed by atoms with E-state index < -0.39 is 7.81 Å². The van der Waals surface area contributed by atoms with Gasteiger partial charge >= 0.3 is 33.0 Å². The number of fused-ring (bicyclic) bond motifs is 3. The smallest absolute Gasteiger partial charge is 0 e. The number of benzene rings is 1. The molecule has 0 N–H and O–H groups in total. The van der Waals surface area contributed by atoms with Gasteiger partial charge in [0.15, 0.2) is 0 Å². The van der Waals surface area contributed by atoms with Crippen LogP contribution >= 0.6 is 7.81 Å². The maximum absolute atomic E-state index is 12.7. The minimum atomic E-state index is -10.7. The summed E-state index contributed by atoms with van der Waals surface area (Å²) in [6.07, 6.45) is 25.0. The van der Waals surface area contributed by atoms with E-state index in [4.69, 9.17) is 0 Å². The maximum Gasteiger partial charge on any atom is 0 e. The van der Waals surface area contributed by atoms with Crippen LogP contribution in [0, 0.1) is 24.2 Å². The van der Waals surface area contributed by atoms with Gasteiger partial charge in [-0.2, -0.15) is 24.6 Å². The molecular formula is C36H36F8IrN4P-7. The topological polar surface area (TPSA) is 56.4 Å². The zero-order valence-corrected chi connectivity index (χ0v) is 30.5.